The Morgan fingerprint density at radius 2 is 2.00 bits per heavy atom. The van der Waals surface area contributed by atoms with Gasteiger partial charge in [-0.15, -0.1) is 0 Å². The molecule has 1 aromatic heterocycles. The summed E-state index contributed by atoms with van der Waals surface area (Å²) in [6, 6.07) is 11.3. The predicted molar refractivity (Wildman–Crippen MR) is 89.9 cm³/mol. The summed E-state index contributed by atoms with van der Waals surface area (Å²) in [5.41, 5.74) is 3.35. The maximum atomic E-state index is 4.47. The van der Waals surface area contributed by atoms with Gasteiger partial charge in [0, 0.05) is 43.8 Å². The molecule has 1 aromatic carbocycles. The predicted octanol–water partition coefficient (Wildman–Crippen LogP) is 2.89. The second-order valence-corrected chi connectivity index (χ2v) is 6.14. The van der Waals surface area contributed by atoms with Crippen molar-refractivity contribution in [3.8, 4) is 0 Å². The Morgan fingerprint density at radius 1 is 1.18 bits per heavy atom. The molecule has 0 N–H and O–H groups in total. The molecular formula is C18H24N4. The normalized spacial score (nSPS) is 18.7. The maximum Gasteiger partial charge on any atom is 0.0727 e. The first-order chi connectivity index (χ1) is 10.7. The van der Waals surface area contributed by atoms with E-state index >= 15 is 0 Å². The van der Waals surface area contributed by atoms with Crippen LogP contribution < -0.4 is 4.90 Å². The fraction of sp³-hybridized carbons (Fsp3) is 0.444. The molecule has 0 aliphatic carbocycles. The van der Waals surface area contributed by atoms with E-state index in [9.17, 15) is 0 Å². The Kier molecular flexibility index (Phi) is 4.68. The molecule has 4 heteroatoms. The van der Waals surface area contributed by atoms with E-state index < -0.39 is 0 Å². The van der Waals surface area contributed by atoms with Gasteiger partial charge >= 0.3 is 0 Å². The van der Waals surface area contributed by atoms with Gasteiger partial charge in [0.2, 0.25) is 0 Å². The van der Waals surface area contributed by atoms with Crippen LogP contribution in [-0.4, -0.2) is 41.0 Å². The van der Waals surface area contributed by atoms with Gasteiger partial charge in [-0.2, -0.15) is 0 Å². The molecule has 0 radical (unpaired) electrons. The van der Waals surface area contributed by atoms with Gasteiger partial charge in [0.15, 0.2) is 0 Å². The number of anilines is 1. The van der Waals surface area contributed by atoms with E-state index in [2.05, 4.69) is 57.1 Å². The zero-order valence-electron chi connectivity index (χ0n) is 13.4. The Balaban J connectivity index is 1.62. The lowest BCUT2D eigenvalue weighted by molar-refractivity contribution is 0.205. The molecule has 1 saturated heterocycles. The van der Waals surface area contributed by atoms with Gasteiger partial charge in [0.1, 0.15) is 0 Å². The third-order valence-corrected chi connectivity index (χ3v) is 4.39. The number of aryl methyl sites for hydroxylation is 1. The number of para-hydroxylation sites is 1. The van der Waals surface area contributed by atoms with Crippen LogP contribution in [-0.2, 0) is 6.54 Å². The number of aromatic nitrogens is 2. The van der Waals surface area contributed by atoms with Crippen LogP contribution in [0.2, 0.25) is 0 Å². The van der Waals surface area contributed by atoms with Gasteiger partial charge in [-0.1, -0.05) is 18.2 Å². The van der Waals surface area contributed by atoms with Crippen LogP contribution in [0.25, 0.3) is 0 Å². The molecule has 2 heterocycles. The molecule has 0 bridgehead atoms. The molecule has 3 rings (SSSR count). The highest BCUT2D eigenvalue weighted by Gasteiger charge is 2.23. The van der Waals surface area contributed by atoms with E-state index in [-0.39, 0.29) is 0 Å². The second kappa shape index (κ2) is 6.88. The molecule has 0 saturated carbocycles. The molecule has 1 aliphatic rings. The smallest absolute Gasteiger partial charge is 0.0727 e. The summed E-state index contributed by atoms with van der Waals surface area (Å²) in [5.74, 6) is 0. The third kappa shape index (κ3) is 3.63. The van der Waals surface area contributed by atoms with E-state index in [0.717, 1.165) is 31.0 Å². The van der Waals surface area contributed by atoms with Gasteiger partial charge in [-0.25, -0.2) is 0 Å². The number of benzene rings is 1. The summed E-state index contributed by atoms with van der Waals surface area (Å²) >= 11 is 0. The molecule has 0 spiro atoms. The van der Waals surface area contributed by atoms with Crippen molar-refractivity contribution in [2.45, 2.75) is 32.4 Å². The minimum Gasteiger partial charge on any atom is -0.370 e. The van der Waals surface area contributed by atoms with Crippen LogP contribution in [0.4, 0.5) is 5.69 Å². The highest BCUT2D eigenvalue weighted by Crippen LogP contribution is 2.22. The van der Waals surface area contributed by atoms with Crippen LogP contribution in [0.5, 0.6) is 0 Å². The van der Waals surface area contributed by atoms with Crippen LogP contribution in [0.15, 0.2) is 42.7 Å². The number of nitrogens with zero attached hydrogens (tertiary/aromatic N) is 4. The number of hydrogen-bond acceptors (Lipinski definition) is 4. The summed E-state index contributed by atoms with van der Waals surface area (Å²) in [6.07, 6.45) is 6.23. The summed E-state index contributed by atoms with van der Waals surface area (Å²) in [5, 5.41) is 0. The lowest BCUT2D eigenvalue weighted by atomic mass is 10.0. The monoisotopic (exact) mass is 296 g/mol. The first-order valence-electron chi connectivity index (χ1n) is 8.00. The molecule has 0 amide bonds. The quantitative estimate of drug-likeness (QED) is 0.868. The number of hydrogen-bond donors (Lipinski definition) is 0. The average molecular weight is 296 g/mol. The summed E-state index contributed by atoms with van der Waals surface area (Å²) < 4.78 is 0. The minimum absolute atomic E-state index is 0.567. The van der Waals surface area contributed by atoms with Crippen molar-refractivity contribution in [2.24, 2.45) is 0 Å². The Bertz CT molecular complexity index is 582. The van der Waals surface area contributed by atoms with Crippen LogP contribution in [0.3, 0.4) is 0 Å². The molecule has 22 heavy (non-hydrogen) atoms. The van der Waals surface area contributed by atoms with Crippen molar-refractivity contribution in [3.05, 3.63) is 54.1 Å². The Morgan fingerprint density at radius 3 is 2.73 bits per heavy atom. The largest absolute Gasteiger partial charge is 0.370 e. The average Bonchev–Trinajstić information content (AvgIpc) is 2.58. The van der Waals surface area contributed by atoms with E-state index in [0.29, 0.717) is 6.04 Å². The highest BCUT2D eigenvalue weighted by atomic mass is 15.2. The van der Waals surface area contributed by atoms with Crippen LogP contribution in [0, 0.1) is 6.92 Å². The number of piperidine rings is 1. The molecule has 1 atom stereocenters. The van der Waals surface area contributed by atoms with Crippen molar-refractivity contribution in [1.29, 1.82) is 0 Å². The Hall–Kier alpha value is -1.94. The maximum absolute atomic E-state index is 4.47. The second-order valence-electron chi connectivity index (χ2n) is 6.14. The van der Waals surface area contributed by atoms with E-state index in [1.165, 1.54) is 18.5 Å². The van der Waals surface area contributed by atoms with Crippen molar-refractivity contribution >= 4 is 5.69 Å². The van der Waals surface area contributed by atoms with Crippen molar-refractivity contribution in [2.75, 3.05) is 25.0 Å². The summed E-state index contributed by atoms with van der Waals surface area (Å²) in [6.45, 7) is 5.07. The fourth-order valence-corrected chi connectivity index (χ4v) is 3.07. The Labute approximate surface area is 132 Å². The van der Waals surface area contributed by atoms with Crippen LogP contribution >= 0.6 is 0 Å². The van der Waals surface area contributed by atoms with Gasteiger partial charge in [-0.3, -0.25) is 14.9 Å². The first-order valence-corrected chi connectivity index (χ1v) is 8.00. The van der Waals surface area contributed by atoms with Crippen molar-refractivity contribution in [3.63, 3.8) is 0 Å². The standard InChI is InChI=1S/C18H24N4/c1-15-11-20-16(12-19-15)13-21(2)18-9-6-10-22(14-18)17-7-4-3-5-8-17/h3-5,7-8,11-12,18H,6,9-10,13-14H2,1-2H3. The van der Waals surface area contributed by atoms with Gasteiger partial charge in [0.25, 0.3) is 0 Å². The lowest BCUT2D eigenvalue weighted by Gasteiger charge is -2.38. The van der Waals surface area contributed by atoms with Gasteiger partial charge in [0.05, 0.1) is 11.4 Å². The number of likely N-dealkylation sites (N-methyl/N-ethyl adjacent to an activating group) is 1. The third-order valence-electron chi connectivity index (χ3n) is 4.39. The zero-order chi connectivity index (χ0) is 15.4. The van der Waals surface area contributed by atoms with Crippen molar-refractivity contribution in [1.82, 2.24) is 14.9 Å². The molecule has 1 fully saturated rings. The summed E-state index contributed by atoms with van der Waals surface area (Å²) in [4.78, 5) is 13.7. The van der Waals surface area contributed by atoms with E-state index in [4.69, 9.17) is 0 Å². The molecule has 1 unspecified atom stereocenters. The van der Waals surface area contributed by atoms with Crippen molar-refractivity contribution < 1.29 is 0 Å². The fourth-order valence-electron chi connectivity index (χ4n) is 3.07. The SMILES string of the molecule is Cc1cnc(CN(C)C2CCCN(c3ccccc3)C2)cn1. The summed E-state index contributed by atoms with van der Waals surface area (Å²) in [7, 11) is 2.20. The first kappa shape index (κ1) is 15.0. The van der Waals surface area contributed by atoms with Gasteiger partial charge < -0.3 is 4.90 Å². The molecule has 1 aliphatic heterocycles. The molecule has 2 aromatic rings. The minimum atomic E-state index is 0.567. The molecular weight excluding hydrogens is 272 g/mol. The zero-order valence-corrected chi connectivity index (χ0v) is 13.4. The number of rotatable bonds is 4. The highest BCUT2D eigenvalue weighted by molar-refractivity contribution is 5.46. The topological polar surface area (TPSA) is 32.3 Å². The van der Waals surface area contributed by atoms with E-state index in [1.807, 2.05) is 19.3 Å². The van der Waals surface area contributed by atoms with Crippen LogP contribution in [0.1, 0.15) is 24.2 Å². The molecule has 4 nitrogen and oxygen atoms in total. The van der Waals surface area contributed by atoms with Gasteiger partial charge in [-0.05, 0) is 38.9 Å². The van der Waals surface area contributed by atoms with E-state index in [1.54, 1.807) is 0 Å². The lowest BCUT2D eigenvalue weighted by Crippen LogP contribution is -2.46. The molecule has 116 valence electrons.